The van der Waals surface area contributed by atoms with Crippen LogP contribution in [0.15, 0.2) is 29.2 Å². The maximum atomic E-state index is 11.7. The minimum Gasteiger partial charge on any atom is -0.354 e. The second-order valence-electron chi connectivity index (χ2n) is 4.62. The maximum Gasteiger partial charge on any atom is 0.236 e. The van der Waals surface area contributed by atoms with E-state index in [0.29, 0.717) is 17.3 Å². The molecule has 0 fully saturated rings. The Morgan fingerprint density at radius 2 is 1.95 bits per heavy atom. The van der Waals surface area contributed by atoms with E-state index in [9.17, 15) is 13.2 Å². The zero-order valence-electron chi connectivity index (χ0n) is 12.1. The fourth-order valence-corrected chi connectivity index (χ4v) is 3.05. The van der Waals surface area contributed by atoms with Crippen molar-refractivity contribution < 1.29 is 13.2 Å². The predicted octanol–water partition coefficient (Wildman–Crippen LogP) is 1.73. The first kappa shape index (κ1) is 21.5. The van der Waals surface area contributed by atoms with Crippen molar-refractivity contribution in [2.45, 2.75) is 17.4 Å². The van der Waals surface area contributed by atoms with Gasteiger partial charge in [-0.2, -0.15) is 0 Å². The number of rotatable bonds is 8. The van der Waals surface area contributed by atoms with Crippen LogP contribution in [0.3, 0.4) is 0 Å². The lowest BCUT2D eigenvalue weighted by Crippen LogP contribution is -2.42. The van der Waals surface area contributed by atoms with Gasteiger partial charge in [0.2, 0.25) is 5.91 Å². The smallest absolute Gasteiger partial charge is 0.236 e. The van der Waals surface area contributed by atoms with Crippen molar-refractivity contribution in [3.05, 3.63) is 29.3 Å². The molecular formula is C13H20Cl2N2O3S2. The van der Waals surface area contributed by atoms with Crippen molar-refractivity contribution in [1.82, 2.24) is 5.32 Å². The largest absolute Gasteiger partial charge is 0.354 e. The number of sulfone groups is 1. The number of benzene rings is 1. The second kappa shape index (κ2) is 10.3. The van der Waals surface area contributed by atoms with Gasteiger partial charge in [0.1, 0.15) is 9.84 Å². The van der Waals surface area contributed by atoms with Crippen molar-refractivity contribution in [2.24, 2.45) is 5.73 Å². The molecule has 0 bridgehead atoms. The lowest BCUT2D eigenvalue weighted by Gasteiger charge is -2.11. The number of halogens is 2. The van der Waals surface area contributed by atoms with Crippen LogP contribution in [0.2, 0.25) is 5.02 Å². The van der Waals surface area contributed by atoms with Crippen LogP contribution >= 0.6 is 35.8 Å². The van der Waals surface area contributed by atoms with E-state index >= 15 is 0 Å². The Hall–Kier alpha value is -0.470. The number of carbonyl (C=O) groups excluding carboxylic acids is 1. The maximum absolute atomic E-state index is 11.7. The zero-order chi connectivity index (χ0) is 15.9. The molecule has 1 atom stereocenters. The highest BCUT2D eigenvalue weighted by Crippen LogP contribution is 2.19. The fraction of sp³-hybridized carbons (Fsp3) is 0.462. The third kappa shape index (κ3) is 9.53. The van der Waals surface area contributed by atoms with Crippen LogP contribution in [0.4, 0.5) is 0 Å². The topological polar surface area (TPSA) is 89.3 Å². The molecule has 1 unspecified atom stereocenters. The Morgan fingerprint density at radius 3 is 2.50 bits per heavy atom. The first-order valence-corrected chi connectivity index (χ1v) is 9.80. The molecule has 22 heavy (non-hydrogen) atoms. The van der Waals surface area contributed by atoms with E-state index in [1.54, 1.807) is 11.8 Å². The quantitative estimate of drug-likeness (QED) is 0.524. The minimum atomic E-state index is -3.09. The van der Waals surface area contributed by atoms with Gasteiger partial charge in [0, 0.05) is 28.5 Å². The number of hydrogen-bond donors (Lipinski definition) is 2. The summed E-state index contributed by atoms with van der Waals surface area (Å²) in [6.07, 6.45) is 1.26. The highest BCUT2D eigenvalue weighted by Gasteiger charge is 2.15. The standard InChI is InChI=1S/C13H19ClN2O3S2.ClH/c1-21(18,19)9-6-12(15)13(17)16-7-8-20-11-4-2-10(14)3-5-11;/h2-5,12H,6-9,15H2,1H3,(H,16,17);1H. The molecule has 0 radical (unpaired) electrons. The third-order valence-electron chi connectivity index (χ3n) is 2.62. The lowest BCUT2D eigenvalue weighted by molar-refractivity contribution is -0.122. The Labute approximate surface area is 146 Å². The van der Waals surface area contributed by atoms with E-state index in [-0.39, 0.29) is 30.5 Å². The second-order valence-corrected chi connectivity index (χ2v) is 8.48. The van der Waals surface area contributed by atoms with E-state index in [2.05, 4.69) is 5.32 Å². The van der Waals surface area contributed by atoms with E-state index < -0.39 is 15.9 Å². The van der Waals surface area contributed by atoms with Crippen molar-refractivity contribution >= 4 is 51.5 Å². The summed E-state index contributed by atoms with van der Waals surface area (Å²) in [6, 6.07) is 6.65. The summed E-state index contributed by atoms with van der Waals surface area (Å²) in [6.45, 7) is 0.471. The van der Waals surface area contributed by atoms with Gasteiger partial charge in [0.15, 0.2) is 0 Å². The summed E-state index contributed by atoms with van der Waals surface area (Å²) in [5, 5.41) is 3.38. The highest BCUT2D eigenvalue weighted by atomic mass is 35.5. The molecule has 0 aliphatic heterocycles. The molecular weight excluding hydrogens is 367 g/mol. The van der Waals surface area contributed by atoms with Gasteiger partial charge in [-0.1, -0.05) is 11.6 Å². The fourth-order valence-electron chi connectivity index (χ4n) is 1.48. The number of amides is 1. The van der Waals surface area contributed by atoms with Crippen molar-refractivity contribution in [3.63, 3.8) is 0 Å². The van der Waals surface area contributed by atoms with Gasteiger partial charge in [-0.15, -0.1) is 24.2 Å². The first-order chi connectivity index (χ1) is 9.78. The molecule has 1 rings (SSSR count). The normalized spacial score (nSPS) is 12.3. The highest BCUT2D eigenvalue weighted by molar-refractivity contribution is 7.99. The molecule has 0 saturated heterocycles. The molecule has 1 aromatic carbocycles. The van der Waals surface area contributed by atoms with Crippen LogP contribution in [0.25, 0.3) is 0 Å². The molecule has 3 N–H and O–H groups in total. The average molecular weight is 387 g/mol. The van der Waals surface area contributed by atoms with E-state index in [4.69, 9.17) is 17.3 Å². The van der Waals surface area contributed by atoms with E-state index in [0.717, 1.165) is 11.2 Å². The molecule has 0 aromatic heterocycles. The van der Waals surface area contributed by atoms with Crippen LogP contribution < -0.4 is 11.1 Å². The average Bonchev–Trinajstić information content (AvgIpc) is 2.41. The summed E-state index contributed by atoms with van der Waals surface area (Å²) < 4.78 is 22.0. The van der Waals surface area contributed by atoms with Gasteiger partial charge in [-0.3, -0.25) is 4.79 Å². The molecule has 0 aliphatic rings. The monoisotopic (exact) mass is 386 g/mol. The Kier molecular flexibility index (Phi) is 10.1. The molecule has 0 saturated carbocycles. The molecule has 1 amide bonds. The van der Waals surface area contributed by atoms with Crippen LogP contribution in [0.1, 0.15) is 6.42 Å². The third-order valence-corrected chi connectivity index (χ3v) is 4.86. The number of nitrogens with one attached hydrogen (secondary N) is 1. The van der Waals surface area contributed by atoms with Crippen LogP contribution in [-0.4, -0.2) is 44.7 Å². The van der Waals surface area contributed by atoms with E-state index in [1.165, 1.54) is 0 Å². The predicted molar refractivity (Wildman–Crippen MR) is 94.7 cm³/mol. The molecule has 9 heteroatoms. The minimum absolute atomic E-state index is 0. The zero-order valence-corrected chi connectivity index (χ0v) is 15.3. The molecule has 0 spiro atoms. The van der Waals surface area contributed by atoms with Crippen LogP contribution in [0, 0.1) is 0 Å². The molecule has 126 valence electrons. The summed E-state index contributed by atoms with van der Waals surface area (Å²) in [5.41, 5.74) is 5.64. The molecule has 5 nitrogen and oxygen atoms in total. The van der Waals surface area contributed by atoms with Gasteiger partial charge >= 0.3 is 0 Å². The van der Waals surface area contributed by atoms with Crippen molar-refractivity contribution in [3.8, 4) is 0 Å². The Balaban J connectivity index is 0.00000441. The van der Waals surface area contributed by atoms with Gasteiger partial charge in [0.25, 0.3) is 0 Å². The number of hydrogen-bond acceptors (Lipinski definition) is 5. The van der Waals surface area contributed by atoms with Gasteiger partial charge < -0.3 is 11.1 Å². The van der Waals surface area contributed by atoms with Crippen LogP contribution in [-0.2, 0) is 14.6 Å². The SMILES string of the molecule is CS(=O)(=O)CCC(N)C(=O)NCCSc1ccc(Cl)cc1.Cl. The number of nitrogens with two attached hydrogens (primary N) is 1. The van der Waals surface area contributed by atoms with E-state index in [1.807, 2.05) is 24.3 Å². The Bertz CT molecular complexity index is 565. The molecule has 0 heterocycles. The summed E-state index contributed by atoms with van der Waals surface area (Å²) >= 11 is 7.38. The molecule has 0 aliphatic carbocycles. The molecule has 1 aromatic rings. The van der Waals surface area contributed by atoms with Crippen LogP contribution in [0.5, 0.6) is 0 Å². The Morgan fingerprint density at radius 1 is 1.36 bits per heavy atom. The van der Waals surface area contributed by atoms with Crippen molar-refractivity contribution in [2.75, 3.05) is 24.3 Å². The number of thioether (sulfide) groups is 1. The van der Waals surface area contributed by atoms with Crippen molar-refractivity contribution in [1.29, 1.82) is 0 Å². The first-order valence-electron chi connectivity index (χ1n) is 6.37. The lowest BCUT2D eigenvalue weighted by atomic mass is 10.2. The van der Waals surface area contributed by atoms with Gasteiger partial charge in [0.05, 0.1) is 11.8 Å². The summed E-state index contributed by atoms with van der Waals surface area (Å²) in [4.78, 5) is 12.7. The summed E-state index contributed by atoms with van der Waals surface area (Å²) in [7, 11) is -3.09. The summed E-state index contributed by atoms with van der Waals surface area (Å²) in [5.74, 6) is 0.295. The number of carbonyl (C=O) groups is 1. The van der Waals surface area contributed by atoms with Gasteiger partial charge in [-0.25, -0.2) is 8.42 Å². The van der Waals surface area contributed by atoms with Gasteiger partial charge in [-0.05, 0) is 30.7 Å².